The third-order valence-electron chi connectivity index (χ3n) is 5.47. The molecule has 0 saturated heterocycles. The molecule has 7 nitrogen and oxygen atoms in total. The third-order valence-corrected chi connectivity index (χ3v) is 9.03. The van der Waals surface area contributed by atoms with Crippen molar-refractivity contribution in [3.8, 4) is 0 Å². The fourth-order valence-electron chi connectivity index (χ4n) is 3.81. The standard InChI is InChI=1S/C24H24N2O5S2/c27-24(15-17-32(28,29)21-9-3-1-4-10-21)25-20-13-14-23-19(18-20)8-7-16-26(23)33(30,31)22-11-5-2-6-12-22/h1-6,9-14,18H,7-8,15-17H2,(H,25,27). The number of benzene rings is 3. The molecule has 9 heteroatoms. The van der Waals surface area contributed by atoms with Gasteiger partial charge < -0.3 is 5.32 Å². The molecule has 0 atom stereocenters. The van der Waals surface area contributed by atoms with Crippen molar-refractivity contribution in [2.75, 3.05) is 21.9 Å². The quantitative estimate of drug-likeness (QED) is 0.552. The molecular formula is C24H24N2O5S2. The summed E-state index contributed by atoms with van der Waals surface area (Å²) >= 11 is 0. The van der Waals surface area contributed by atoms with E-state index in [0.29, 0.717) is 30.8 Å². The van der Waals surface area contributed by atoms with Crippen LogP contribution in [0, 0.1) is 0 Å². The predicted molar refractivity (Wildman–Crippen MR) is 127 cm³/mol. The Morgan fingerprint density at radius 3 is 2.15 bits per heavy atom. The lowest BCUT2D eigenvalue weighted by Crippen LogP contribution is -2.35. The Hall–Kier alpha value is -3.17. The smallest absolute Gasteiger partial charge is 0.264 e. The molecule has 0 fully saturated rings. The van der Waals surface area contributed by atoms with Crippen molar-refractivity contribution in [2.45, 2.75) is 29.1 Å². The predicted octanol–water partition coefficient (Wildman–Crippen LogP) is 3.63. The van der Waals surface area contributed by atoms with Crippen LogP contribution in [-0.4, -0.2) is 35.0 Å². The van der Waals surface area contributed by atoms with Gasteiger partial charge >= 0.3 is 0 Å². The number of aryl methyl sites for hydroxylation is 1. The Labute approximate surface area is 194 Å². The number of hydrogen-bond donors (Lipinski definition) is 1. The highest BCUT2D eigenvalue weighted by Crippen LogP contribution is 2.33. The lowest BCUT2D eigenvalue weighted by atomic mass is 10.0. The monoisotopic (exact) mass is 484 g/mol. The van der Waals surface area contributed by atoms with E-state index in [0.717, 1.165) is 5.56 Å². The Kier molecular flexibility index (Phi) is 6.53. The first-order valence-corrected chi connectivity index (χ1v) is 13.6. The zero-order valence-corrected chi connectivity index (χ0v) is 19.5. The second-order valence-electron chi connectivity index (χ2n) is 7.77. The van der Waals surface area contributed by atoms with Gasteiger partial charge in [0.25, 0.3) is 10.0 Å². The number of fused-ring (bicyclic) bond motifs is 1. The number of amides is 1. The fourth-order valence-corrected chi connectivity index (χ4v) is 6.63. The first kappa shape index (κ1) is 23.0. The highest BCUT2D eigenvalue weighted by atomic mass is 32.2. The molecule has 1 aliphatic rings. The zero-order chi connectivity index (χ0) is 23.5. The van der Waals surface area contributed by atoms with Crippen molar-refractivity contribution in [2.24, 2.45) is 0 Å². The fraction of sp³-hybridized carbons (Fsp3) is 0.208. The Bertz CT molecular complexity index is 1360. The lowest BCUT2D eigenvalue weighted by Gasteiger charge is -2.30. The number of rotatable bonds is 7. The molecule has 4 rings (SSSR count). The summed E-state index contributed by atoms with van der Waals surface area (Å²) in [5.41, 5.74) is 1.92. The average Bonchev–Trinajstić information content (AvgIpc) is 2.83. The molecule has 0 saturated carbocycles. The van der Waals surface area contributed by atoms with E-state index in [4.69, 9.17) is 0 Å². The van der Waals surface area contributed by atoms with E-state index in [2.05, 4.69) is 5.32 Å². The molecule has 0 unspecified atom stereocenters. The maximum Gasteiger partial charge on any atom is 0.264 e. The summed E-state index contributed by atoms with van der Waals surface area (Å²) in [4.78, 5) is 12.8. The van der Waals surface area contributed by atoms with Gasteiger partial charge in [-0.2, -0.15) is 0 Å². The summed E-state index contributed by atoms with van der Waals surface area (Å²) < 4.78 is 52.4. The molecule has 1 amide bonds. The van der Waals surface area contributed by atoms with Gasteiger partial charge in [0, 0.05) is 18.7 Å². The molecule has 0 aliphatic carbocycles. The van der Waals surface area contributed by atoms with Crippen molar-refractivity contribution >= 4 is 37.1 Å². The maximum absolute atomic E-state index is 13.1. The van der Waals surface area contributed by atoms with Crippen LogP contribution in [0.2, 0.25) is 0 Å². The van der Waals surface area contributed by atoms with Crippen LogP contribution < -0.4 is 9.62 Å². The Balaban J connectivity index is 1.47. The van der Waals surface area contributed by atoms with Crippen LogP contribution in [-0.2, 0) is 31.1 Å². The minimum absolute atomic E-state index is 0.178. The van der Waals surface area contributed by atoms with E-state index in [1.54, 1.807) is 66.7 Å². The summed E-state index contributed by atoms with van der Waals surface area (Å²) in [6, 6.07) is 21.4. The minimum atomic E-state index is -3.68. The number of anilines is 2. The zero-order valence-electron chi connectivity index (χ0n) is 17.8. The first-order chi connectivity index (χ1) is 15.8. The van der Waals surface area contributed by atoms with E-state index in [9.17, 15) is 21.6 Å². The van der Waals surface area contributed by atoms with Crippen molar-refractivity contribution in [3.63, 3.8) is 0 Å². The van der Waals surface area contributed by atoms with E-state index in [-0.39, 0.29) is 22.0 Å². The molecular weight excluding hydrogens is 460 g/mol. The number of hydrogen-bond acceptors (Lipinski definition) is 5. The first-order valence-electron chi connectivity index (χ1n) is 10.6. The molecule has 172 valence electrons. The van der Waals surface area contributed by atoms with Crippen LogP contribution in [0.4, 0.5) is 11.4 Å². The van der Waals surface area contributed by atoms with Gasteiger partial charge in [-0.15, -0.1) is 0 Å². The van der Waals surface area contributed by atoms with E-state index in [1.807, 2.05) is 0 Å². The Morgan fingerprint density at radius 2 is 1.48 bits per heavy atom. The van der Waals surface area contributed by atoms with Crippen molar-refractivity contribution < 1.29 is 21.6 Å². The minimum Gasteiger partial charge on any atom is -0.326 e. The van der Waals surface area contributed by atoms with Crippen LogP contribution in [0.15, 0.2) is 88.7 Å². The summed E-state index contributed by atoms with van der Waals surface area (Å²) in [5, 5.41) is 2.73. The van der Waals surface area contributed by atoms with Crippen LogP contribution in [0.3, 0.4) is 0 Å². The van der Waals surface area contributed by atoms with Gasteiger partial charge in [-0.3, -0.25) is 9.10 Å². The van der Waals surface area contributed by atoms with E-state index in [1.165, 1.54) is 16.4 Å². The topological polar surface area (TPSA) is 101 Å². The van der Waals surface area contributed by atoms with E-state index >= 15 is 0 Å². The van der Waals surface area contributed by atoms with Crippen molar-refractivity contribution in [3.05, 3.63) is 84.4 Å². The number of carbonyl (C=O) groups excluding carboxylic acids is 1. The van der Waals surface area contributed by atoms with Crippen molar-refractivity contribution in [1.29, 1.82) is 0 Å². The molecule has 1 heterocycles. The summed E-state index contributed by atoms with van der Waals surface area (Å²) in [5.74, 6) is -0.712. The average molecular weight is 485 g/mol. The molecule has 3 aromatic carbocycles. The molecule has 0 spiro atoms. The number of sulfonamides is 1. The number of sulfone groups is 1. The van der Waals surface area contributed by atoms with Gasteiger partial charge in [-0.1, -0.05) is 36.4 Å². The third kappa shape index (κ3) is 5.09. The molecule has 3 aromatic rings. The van der Waals surface area contributed by atoms with Crippen molar-refractivity contribution in [1.82, 2.24) is 0 Å². The summed E-state index contributed by atoms with van der Waals surface area (Å²) in [6.45, 7) is 0.382. The van der Waals surface area contributed by atoms with Crippen LogP contribution >= 0.6 is 0 Å². The van der Waals surface area contributed by atoms with Crippen LogP contribution in [0.5, 0.6) is 0 Å². The van der Waals surface area contributed by atoms with Crippen LogP contribution in [0.1, 0.15) is 18.4 Å². The maximum atomic E-state index is 13.1. The second-order valence-corrected chi connectivity index (χ2v) is 11.7. The largest absolute Gasteiger partial charge is 0.326 e. The molecule has 0 bridgehead atoms. The Morgan fingerprint density at radius 1 is 0.848 bits per heavy atom. The van der Waals surface area contributed by atoms with E-state index < -0.39 is 25.8 Å². The molecule has 33 heavy (non-hydrogen) atoms. The molecule has 1 aliphatic heterocycles. The normalized spacial score (nSPS) is 13.9. The second kappa shape index (κ2) is 9.36. The van der Waals surface area contributed by atoms with Crippen LogP contribution in [0.25, 0.3) is 0 Å². The van der Waals surface area contributed by atoms with Gasteiger partial charge in [0.2, 0.25) is 5.91 Å². The van der Waals surface area contributed by atoms with Gasteiger partial charge in [0.1, 0.15) is 0 Å². The highest BCUT2D eigenvalue weighted by Gasteiger charge is 2.29. The van der Waals surface area contributed by atoms with Gasteiger partial charge in [0.15, 0.2) is 9.84 Å². The SMILES string of the molecule is O=C(CCS(=O)(=O)c1ccccc1)Nc1ccc2c(c1)CCCN2S(=O)(=O)c1ccccc1. The van der Waals surface area contributed by atoms with Gasteiger partial charge in [0.05, 0.1) is 21.2 Å². The number of nitrogens with zero attached hydrogens (tertiary/aromatic N) is 1. The van der Waals surface area contributed by atoms with Gasteiger partial charge in [-0.25, -0.2) is 16.8 Å². The highest BCUT2D eigenvalue weighted by molar-refractivity contribution is 7.92. The summed E-state index contributed by atoms with van der Waals surface area (Å²) in [6.07, 6.45) is 1.16. The molecule has 0 aromatic heterocycles. The molecule has 0 radical (unpaired) electrons. The molecule has 1 N–H and O–H groups in total. The summed E-state index contributed by atoms with van der Waals surface area (Å²) in [7, 11) is -7.23. The lowest BCUT2D eigenvalue weighted by molar-refractivity contribution is -0.115. The number of carbonyl (C=O) groups is 1. The number of nitrogens with one attached hydrogen (secondary N) is 1. The van der Waals surface area contributed by atoms with Gasteiger partial charge in [-0.05, 0) is 60.9 Å².